The molecule has 1 aliphatic carbocycles. The second-order valence-electron chi connectivity index (χ2n) is 8.94. The molecule has 5 rings (SSSR count). The molecule has 1 aliphatic heterocycles. The lowest BCUT2D eigenvalue weighted by atomic mass is 10.1. The van der Waals surface area contributed by atoms with Gasteiger partial charge in [0.15, 0.2) is 5.82 Å². The molecule has 2 heterocycles. The van der Waals surface area contributed by atoms with Crippen LogP contribution in [0.1, 0.15) is 52.8 Å². The van der Waals surface area contributed by atoms with Crippen LogP contribution >= 0.6 is 11.6 Å². The molecular formula is C26H27ClN4O4. The molecule has 0 spiro atoms. The van der Waals surface area contributed by atoms with Crippen molar-refractivity contribution >= 4 is 29.2 Å². The van der Waals surface area contributed by atoms with Gasteiger partial charge in [-0.25, -0.2) is 0 Å². The smallest absolute Gasteiger partial charge is 0.257 e. The van der Waals surface area contributed by atoms with Crippen LogP contribution in [0.4, 0.5) is 5.82 Å². The lowest BCUT2D eigenvalue weighted by molar-refractivity contribution is 0.0651. The Morgan fingerprint density at radius 2 is 1.77 bits per heavy atom. The first-order valence-corrected chi connectivity index (χ1v) is 12.2. The van der Waals surface area contributed by atoms with E-state index in [1.54, 1.807) is 65.3 Å². The molecule has 0 radical (unpaired) electrons. The minimum absolute atomic E-state index is 0.0369. The topological polar surface area (TPSA) is 85.7 Å². The standard InChI is InChI=1S/C26H27ClN4O4/c1-30-12-9-24(29-30)28-25(32)18-13-20(34-19-5-2-3-6-19)16-21(14-18)35-23-8-7-17(15-22(23)27)26(33)31-10-4-11-31/h7-9,12-16,19H,2-6,10-11H2,1H3,(H,28,29,32). The Morgan fingerprint density at radius 1 is 1.00 bits per heavy atom. The summed E-state index contributed by atoms with van der Waals surface area (Å²) in [5.41, 5.74) is 0.901. The monoisotopic (exact) mass is 494 g/mol. The minimum Gasteiger partial charge on any atom is -0.490 e. The van der Waals surface area contributed by atoms with Crippen molar-refractivity contribution in [1.29, 1.82) is 0 Å². The maximum Gasteiger partial charge on any atom is 0.257 e. The molecule has 1 aromatic heterocycles. The van der Waals surface area contributed by atoms with Crippen LogP contribution in [0.3, 0.4) is 0 Å². The average molecular weight is 495 g/mol. The van der Waals surface area contributed by atoms with Crippen LogP contribution in [-0.4, -0.2) is 45.7 Å². The van der Waals surface area contributed by atoms with Gasteiger partial charge in [0.2, 0.25) is 0 Å². The number of anilines is 1. The van der Waals surface area contributed by atoms with Crippen LogP contribution in [0.15, 0.2) is 48.7 Å². The Morgan fingerprint density at radius 3 is 2.43 bits per heavy atom. The highest BCUT2D eigenvalue weighted by Crippen LogP contribution is 2.34. The van der Waals surface area contributed by atoms with Gasteiger partial charge in [0.05, 0.1) is 11.1 Å². The summed E-state index contributed by atoms with van der Waals surface area (Å²) in [5.74, 6) is 1.45. The SMILES string of the molecule is Cn1ccc(NC(=O)c2cc(Oc3ccc(C(=O)N4CCC4)cc3Cl)cc(OC3CCCC3)c2)n1. The lowest BCUT2D eigenvalue weighted by Gasteiger charge is -2.31. The van der Waals surface area contributed by atoms with Crippen LogP contribution in [-0.2, 0) is 7.05 Å². The number of nitrogens with zero attached hydrogens (tertiary/aromatic N) is 3. The Balaban J connectivity index is 1.39. The van der Waals surface area contributed by atoms with Crippen LogP contribution < -0.4 is 14.8 Å². The third kappa shape index (κ3) is 5.43. The van der Waals surface area contributed by atoms with Crippen LogP contribution in [0.5, 0.6) is 17.2 Å². The van der Waals surface area contributed by atoms with Crippen molar-refractivity contribution in [3.8, 4) is 17.2 Å². The first kappa shape index (κ1) is 23.2. The van der Waals surface area contributed by atoms with E-state index in [2.05, 4.69) is 10.4 Å². The molecule has 9 heteroatoms. The molecule has 35 heavy (non-hydrogen) atoms. The summed E-state index contributed by atoms with van der Waals surface area (Å²) < 4.78 is 13.8. The highest BCUT2D eigenvalue weighted by molar-refractivity contribution is 6.32. The first-order valence-electron chi connectivity index (χ1n) is 11.8. The highest BCUT2D eigenvalue weighted by Gasteiger charge is 2.23. The molecule has 1 N–H and O–H groups in total. The molecule has 1 saturated carbocycles. The van der Waals surface area contributed by atoms with Crippen LogP contribution in [0.25, 0.3) is 0 Å². The van der Waals surface area contributed by atoms with E-state index < -0.39 is 0 Å². The highest BCUT2D eigenvalue weighted by atomic mass is 35.5. The van der Waals surface area contributed by atoms with Crippen molar-refractivity contribution < 1.29 is 19.1 Å². The lowest BCUT2D eigenvalue weighted by Crippen LogP contribution is -2.41. The van der Waals surface area contributed by atoms with Crippen molar-refractivity contribution in [2.45, 2.75) is 38.2 Å². The average Bonchev–Trinajstić information content (AvgIpc) is 3.45. The van der Waals surface area contributed by atoms with Gasteiger partial charge in [0.25, 0.3) is 11.8 Å². The zero-order valence-electron chi connectivity index (χ0n) is 19.5. The minimum atomic E-state index is -0.327. The molecule has 0 unspecified atom stereocenters. The predicted octanol–water partition coefficient (Wildman–Crippen LogP) is 5.29. The Hall–Kier alpha value is -3.52. The number of aryl methyl sites for hydroxylation is 1. The van der Waals surface area contributed by atoms with Crippen LogP contribution in [0, 0.1) is 0 Å². The van der Waals surface area contributed by atoms with Gasteiger partial charge in [-0.05, 0) is 62.4 Å². The number of halogens is 1. The van der Waals surface area contributed by atoms with Crippen molar-refractivity contribution in [1.82, 2.24) is 14.7 Å². The number of carbonyl (C=O) groups is 2. The number of carbonyl (C=O) groups excluding carboxylic acids is 2. The Labute approximate surface area is 208 Å². The van der Waals surface area contributed by atoms with E-state index in [4.69, 9.17) is 21.1 Å². The fourth-order valence-corrected chi connectivity index (χ4v) is 4.46. The third-order valence-electron chi connectivity index (χ3n) is 6.25. The maximum absolute atomic E-state index is 13.0. The summed E-state index contributed by atoms with van der Waals surface area (Å²) in [6.45, 7) is 1.54. The zero-order valence-corrected chi connectivity index (χ0v) is 20.3. The number of benzene rings is 2. The fourth-order valence-electron chi connectivity index (χ4n) is 4.24. The summed E-state index contributed by atoms with van der Waals surface area (Å²) in [7, 11) is 1.78. The molecule has 1 saturated heterocycles. The van der Waals surface area contributed by atoms with Gasteiger partial charge in [-0.2, -0.15) is 5.10 Å². The predicted molar refractivity (Wildman–Crippen MR) is 133 cm³/mol. The number of likely N-dealkylation sites (tertiary alicyclic amines) is 1. The molecule has 2 amide bonds. The second-order valence-corrected chi connectivity index (χ2v) is 9.35. The van der Waals surface area contributed by atoms with Crippen molar-refractivity contribution in [2.75, 3.05) is 18.4 Å². The summed E-state index contributed by atoms with van der Waals surface area (Å²) in [6, 6.07) is 11.8. The quantitative estimate of drug-likeness (QED) is 0.482. The molecule has 0 atom stereocenters. The van der Waals surface area contributed by atoms with E-state index in [1.165, 1.54) is 0 Å². The summed E-state index contributed by atoms with van der Waals surface area (Å²) in [5, 5.41) is 7.31. The van der Waals surface area contributed by atoms with Gasteiger partial charge in [-0.3, -0.25) is 14.3 Å². The van der Waals surface area contributed by atoms with Gasteiger partial charge in [0.1, 0.15) is 17.2 Å². The number of ether oxygens (including phenoxy) is 2. The maximum atomic E-state index is 13.0. The molecule has 8 nitrogen and oxygen atoms in total. The molecule has 0 bridgehead atoms. The van der Waals surface area contributed by atoms with E-state index in [1.807, 2.05) is 0 Å². The Kier molecular flexibility index (Phi) is 6.63. The van der Waals surface area contributed by atoms with Gasteiger partial charge >= 0.3 is 0 Å². The number of nitrogens with one attached hydrogen (secondary N) is 1. The van der Waals surface area contributed by atoms with E-state index >= 15 is 0 Å². The molecule has 3 aromatic rings. The van der Waals surface area contributed by atoms with E-state index in [9.17, 15) is 9.59 Å². The number of aromatic nitrogens is 2. The van der Waals surface area contributed by atoms with Gasteiger partial charge in [-0.1, -0.05) is 11.6 Å². The number of amides is 2. The van der Waals surface area contributed by atoms with Gasteiger partial charge in [0, 0.05) is 49.6 Å². The summed E-state index contributed by atoms with van der Waals surface area (Å²) >= 11 is 6.46. The van der Waals surface area contributed by atoms with E-state index in [0.29, 0.717) is 39.2 Å². The van der Waals surface area contributed by atoms with Gasteiger partial charge in [-0.15, -0.1) is 0 Å². The summed E-state index contributed by atoms with van der Waals surface area (Å²) in [6.07, 6.45) is 7.13. The van der Waals surface area contributed by atoms with Crippen molar-refractivity contribution in [3.63, 3.8) is 0 Å². The Bertz CT molecular complexity index is 1250. The number of hydrogen-bond donors (Lipinski definition) is 1. The first-order chi connectivity index (χ1) is 16.9. The van der Waals surface area contributed by atoms with Crippen molar-refractivity contribution in [3.05, 3.63) is 64.8 Å². The largest absolute Gasteiger partial charge is 0.490 e. The molecule has 2 aromatic carbocycles. The molecule has 2 aliphatic rings. The van der Waals surface area contributed by atoms with Gasteiger partial charge < -0.3 is 19.7 Å². The fraction of sp³-hybridized carbons (Fsp3) is 0.346. The normalized spacial score (nSPS) is 15.5. The summed E-state index contributed by atoms with van der Waals surface area (Å²) in [4.78, 5) is 27.2. The second kappa shape index (κ2) is 10.00. The number of rotatable bonds is 7. The number of hydrogen-bond acceptors (Lipinski definition) is 5. The van der Waals surface area contributed by atoms with E-state index in [-0.39, 0.29) is 17.9 Å². The van der Waals surface area contributed by atoms with Crippen LogP contribution in [0.2, 0.25) is 5.02 Å². The molecular weight excluding hydrogens is 468 g/mol. The third-order valence-corrected chi connectivity index (χ3v) is 6.55. The van der Waals surface area contributed by atoms with Crippen molar-refractivity contribution in [2.24, 2.45) is 7.05 Å². The molecule has 2 fully saturated rings. The zero-order chi connectivity index (χ0) is 24.4. The van der Waals surface area contributed by atoms with E-state index in [0.717, 1.165) is 45.2 Å². The molecule has 182 valence electrons.